The molecular formula is C11H21N3O2S. The van der Waals surface area contributed by atoms with Gasteiger partial charge in [-0.2, -0.15) is 0 Å². The summed E-state index contributed by atoms with van der Waals surface area (Å²) in [5.74, 6) is 0. The molecule has 0 aliphatic carbocycles. The summed E-state index contributed by atoms with van der Waals surface area (Å²) in [6.07, 6.45) is 2.45. The number of carbonyl (C=O) groups excluding carboxylic acids is 1. The summed E-state index contributed by atoms with van der Waals surface area (Å²) in [4.78, 5) is 13.5. The van der Waals surface area contributed by atoms with Crippen molar-refractivity contribution < 1.29 is 9.53 Å². The second kappa shape index (κ2) is 5.62. The molecule has 17 heavy (non-hydrogen) atoms. The monoisotopic (exact) mass is 259 g/mol. The van der Waals surface area contributed by atoms with E-state index in [2.05, 4.69) is 5.32 Å². The van der Waals surface area contributed by atoms with Gasteiger partial charge >= 0.3 is 6.09 Å². The summed E-state index contributed by atoms with van der Waals surface area (Å²) in [5, 5.41) is 11.1. The summed E-state index contributed by atoms with van der Waals surface area (Å²) in [6.45, 7) is 6.88. The number of amidine groups is 1. The van der Waals surface area contributed by atoms with E-state index in [0.717, 1.165) is 6.42 Å². The number of ether oxygens (including phenoxy) is 1. The Labute approximate surface area is 107 Å². The number of rotatable bonds is 1. The van der Waals surface area contributed by atoms with Crippen molar-refractivity contribution >= 4 is 23.0 Å². The van der Waals surface area contributed by atoms with E-state index in [9.17, 15) is 4.79 Å². The lowest BCUT2D eigenvalue weighted by Gasteiger charge is -2.24. The number of carbonyl (C=O) groups is 1. The average molecular weight is 259 g/mol. The molecule has 0 aromatic carbocycles. The zero-order chi connectivity index (χ0) is 13.1. The summed E-state index contributed by atoms with van der Waals surface area (Å²) in [7, 11) is 0. The molecule has 1 rings (SSSR count). The number of amides is 1. The van der Waals surface area contributed by atoms with Crippen LogP contribution in [0.2, 0.25) is 0 Å². The first-order valence-electron chi connectivity index (χ1n) is 5.69. The van der Waals surface area contributed by atoms with Crippen LogP contribution in [0.25, 0.3) is 0 Å². The fraction of sp³-hybridized carbons (Fsp3) is 0.818. The number of nitrogens with zero attached hydrogens (tertiary/aromatic N) is 1. The van der Waals surface area contributed by atoms with Crippen molar-refractivity contribution in [3.05, 3.63) is 0 Å². The Morgan fingerprint density at radius 2 is 2.18 bits per heavy atom. The zero-order valence-corrected chi connectivity index (χ0v) is 11.7. The summed E-state index contributed by atoms with van der Waals surface area (Å²) >= 11 is 1.37. The predicted octanol–water partition coefficient (Wildman–Crippen LogP) is 1.88. The average Bonchev–Trinajstić information content (AvgIpc) is 2.63. The predicted molar refractivity (Wildman–Crippen MR) is 70.6 cm³/mol. The number of hydrogen-bond donors (Lipinski definition) is 2. The Bertz CT molecular complexity index is 302. The van der Waals surface area contributed by atoms with Gasteiger partial charge in [0.05, 0.1) is 0 Å². The highest BCUT2D eigenvalue weighted by Crippen LogP contribution is 2.15. The van der Waals surface area contributed by atoms with Gasteiger partial charge in [-0.25, -0.2) is 4.79 Å². The summed E-state index contributed by atoms with van der Waals surface area (Å²) in [5.41, 5.74) is -0.450. The maximum Gasteiger partial charge on any atom is 0.410 e. The first-order chi connectivity index (χ1) is 7.81. The van der Waals surface area contributed by atoms with Crippen molar-refractivity contribution in [1.82, 2.24) is 10.2 Å². The van der Waals surface area contributed by atoms with Crippen LogP contribution >= 0.6 is 11.8 Å². The van der Waals surface area contributed by atoms with Gasteiger partial charge < -0.3 is 15.0 Å². The molecule has 98 valence electrons. The van der Waals surface area contributed by atoms with Crippen molar-refractivity contribution in [1.29, 1.82) is 5.41 Å². The van der Waals surface area contributed by atoms with Crippen molar-refractivity contribution in [2.75, 3.05) is 19.3 Å². The fourth-order valence-electron chi connectivity index (χ4n) is 1.61. The Kier molecular flexibility index (Phi) is 4.68. The third-order valence-corrected chi connectivity index (χ3v) is 2.91. The van der Waals surface area contributed by atoms with Crippen LogP contribution in [-0.2, 0) is 4.74 Å². The molecule has 0 aromatic rings. The topological polar surface area (TPSA) is 65.4 Å². The zero-order valence-electron chi connectivity index (χ0n) is 10.9. The highest BCUT2D eigenvalue weighted by molar-refractivity contribution is 8.13. The molecule has 6 heteroatoms. The number of nitrogens with one attached hydrogen (secondary N) is 2. The molecule has 1 heterocycles. The molecular weight excluding hydrogens is 238 g/mol. The second-order valence-corrected chi connectivity index (χ2v) is 5.91. The number of hydrogen-bond acceptors (Lipinski definition) is 4. The van der Waals surface area contributed by atoms with Crippen molar-refractivity contribution in [3.63, 3.8) is 0 Å². The van der Waals surface area contributed by atoms with Gasteiger partial charge in [0.25, 0.3) is 0 Å². The molecule has 0 bridgehead atoms. The van der Waals surface area contributed by atoms with E-state index in [0.29, 0.717) is 18.3 Å². The van der Waals surface area contributed by atoms with Gasteiger partial charge in [0.15, 0.2) is 5.17 Å². The van der Waals surface area contributed by atoms with Crippen LogP contribution in [-0.4, -0.2) is 47.1 Å². The van der Waals surface area contributed by atoms with E-state index in [1.54, 1.807) is 4.90 Å². The van der Waals surface area contributed by atoms with Gasteiger partial charge in [-0.3, -0.25) is 5.41 Å². The van der Waals surface area contributed by atoms with E-state index in [-0.39, 0.29) is 12.1 Å². The maximum absolute atomic E-state index is 11.8. The molecule has 1 atom stereocenters. The van der Waals surface area contributed by atoms with Crippen LogP contribution in [0, 0.1) is 5.41 Å². The van der Waals surface area contributed by atoms with E-state index >= 15 is 0 Å². The largest absolute Gasteiger partial charge is 0.444 e. The minimum absolute atomic E-state index is 0.169. The molecule has 5 nitrogen and oxygen atoms in total. The number of thioether (sulfide) groups is 1. The molecule has 0 saturated carbocycles. The van der Waals surface area contributed by atoms with Gasteiger partial charge in [-0.1, -0.05) is 11.8 Å². The minimum atomic E-state index is -0.450. The first-order valence-corrected chi connectivity index (χ1v) is 6.91. The second-order valence-electron chi connectivity index (χ2n) is 5.09. The molecule has 1 aliphatic rings. The first kappa shape index (κ1) is 14.2. The van der Waals surface area contributed by atoms with E-state index in [1.165, 1.54) is 11.8 Å². The Balaban J connectivity index is 2.39. The molecule has 2 N–H and O–H groups in total. The van der Waals surface area contributed by atoms with E-state index < -0.39 is 5.60 Å². The van der Waals surface area contributed by atoms with Crippen LogP contribution in [0.4, 0.5) is 4.79 Å². The van der Waals surface area contributed by atoms with Crippen LogP contribution in [0.5, 0.6) is 0 Å². The Morgan fingerprint density at radius 3 is 2.71 bits per heavy atom. The standard InChI is InChI=1S/C11H21N3O2S/c1-11(2,3)16-10(15)14-6-5-8(7-14)13-9(12)17-4/h8H,5-7H2,1-4H3,(H2,12,13). The molecule has 0 aromatic heterocycles. The third-order valence-electron chi connectivity index (χ3n) is 2.38. The Hall–Kier alpha value is -0.910. The van der Waals surface area contributed by atoms with Gasteiger partial charge in [0.1, 0.15) is 5.60 Å². The lowest BCUT2D eigenvalue weighted by molar-refractivity contribution is 0.0292. The Morgan fingerprint density at radius 1 is 1.53 bits per heavy atom. The lowest BCUT2D eigenvalue weighted by atomic mass is 10.2. The fourth-order valence-corrected chi connectivity index (χ4v) is 1.90. The molecule has 0 radical (unpaired) electrons. The SMILES string of the molecule is CSC(=N)NC1CCN(C(=O)OC(C)(C)C)C1. The van der Waals surface area contributed by atoms with Gasteiger partial charge in [-0.15, -0.1) is 0 Å². The minimum Gasteiger partial charge on any atom is -0.444 e. The van der Waals surface area contributed by atoms with Crippen molar-refractivity contribution in [3.8, 4) is 0 Å². The lowest BCUT2D eigenvalue weighted by Crippen LogP contribution is -2.39. The molecule has 0 spiro atoms. The highest BCUT2D eigenvalue weighted by Gasteiger charge is 2.29. The van der Waals surface area contributed by atoms with Crippen LogP contribution in [0.1, 0.15) is 27.2 Å². The molecule has 1 aliphatic heterocycles. The van der Waals surface area contributed by atoms with E-state index in [1.807, 2.05) is 27.0 Å². The van der Waals surface area contributed by atoms with Crippen LogP contribution in [0.15, 0.2) is 0 Å². The summed E-state index contributed by atoms with van der Waals surface area (Å²) in [6, 6.07) is 0.169. The smallest absolute Gasteiger partial charge is 0.410 e. The molecule has 1 fully saturated rings. The van der Waals surface area contributed by atoms with Gasteiger partial charge in [0, 0.05) is 19.1 Å². The molecule has 1 saturated heterocycles. The van der Waals surface area contributed by atoms with Gasteiger partial charge in [-0.05, 0) is 33.4 Å². The highest BCUT2D eigenvalue weighted by atomic mass is 32.2. The van der Waals surface area contributed by atoms with Crippen molar-refractivity contribution in [2.24, 2.45) is 0 Å². The quantitative estimate of drug-likeness (QED) is 0.557. The maximum atomic E-state index is 11.8. The number of likely N-dealkylation sites (tertiary alicyclic amines) is 1. The molecule has 1 unspecified atom stereocenters. The summed E-state index contributed by atoms with van der Waals surface area (Å²) < 4.78 is 5.30. The van der Waals surface area contributed by atoms with Crippen LogP contribution in [0.3, 0.4) is 0 Å². The van der Waals surface area contributed by atoms with E-state index in [4.69, 9.17) is 10.1 Å². The van der Waals surface area contributed by atoms with Gasteiger partial charge in [0.2, 0.25) is 0 Å². The van der Waals surface area contributed by atoms with Crippen LogP contribution < -0.4 is 5.32 Å². The third kappa shape index (κ3) is 4.85. The molecule has 1 amide bonds. The van der Waals surface area contributed by atoms with Crippen molar-refractivity contribution in [2.45, 2.75) is 38.8 Å². The normalized spacial score (nSPS) is 20.2.